The van der Waals surface area contributed by atoms with Gasteiger partial charge in [-0.05, 0) is 49.2 Å². The highest BCUT2D eigenvalue weighted by Crippen LogP contribution is 2.28. The zero-order chi connectivity index (χ0) is 23.4. The third kappa shape index (κ3) is 5.98. The molecule has 1 fully saturated rings. The first-order valence-corrected chi connectivity index (χ1v) is 11.1. The number of carbonyl (C=O) groups is 3. The van der Waals surface area contributed by atoms with Crippen molar-refractivity contribution in [2.24, 2.45) is 0 Å². The molecule has 2 aromatic carbocycles. The Morgan fingerprint density at radius 1 is 1.00 bits per heavy atom. The lowest BCUT2D eigenvalue weighted by molar-refractivity contribution is -0.117. The Morgan fingerprint density at radius 2 is 1.73 bits per heavy atom. The molecule has 0 radical (unpaired) electrons. The van der Waals surface area contributed by atoms with E-state index >= 15 is 0 Å². The van der Waals surface area contributed by atoms with Crippen LogP contribution in [0.15, 0.2) is 53.9 Å². The van der Waals surface area contributed by atoms with E-state index in [2.05, 4.69) is 15.6 Å². The van der Waals surface area contributed by atoms with Crippen LogP contribution in [0, 0.1) is 11.6 Å². The fourth-order valence-electron chi connectivity index (χ4n) is 3.19. The minimum Gasteiger partial charge on any atom is -0.326 e. The largest absolute Gasteiger partial charge is 0.326 e. The van der Waals surface area contributed by atoms with Gasteiger partial charge in [-0.25, -0.2) is 13.8 Å². The van der Waals surface area contributed by atoms with Gasteiger partial charge in [-0.1, -0.05) is 12.1 Å². The normalized spacial score (nSPS) is 12.8. The van der Waals surface area contributed by atoms with Crippen molar-refractivity contribution in [1.82, 2.24) is 9.88 Å². The summed E-state index contributed by atoms with van der Waals surface area (Å²) in [4.78, 5) is 43.1. The van der Waals surface area contributed by atoms with E-state index < -0.39 is 23.4 Å². The van der Waals surface area contributed by atoms with Gasteiger partial charge < -0.3 is 15.5 Å². The summed E-state index contributed by atoms with van der Waals surface area (Å²) in [5, 5.41) is 7.04. The number of aromatic nitrogens is 1. The number of amides is 3. The molecule has 3 amide bonds. The van der Waals surface area contributed by atoms with Gasteiger partial charge in [0.1, 0.15) is 18.2 Å². The van der Waals surface area contributed by atoms with Crippen LogP contribution in [-0.2, 0) is 16.0 Å². The van der Waals surface area contributed by atoms with E-state index in [1.165, 1.54) is 47.4 Å². The molecule has 10 heteroatoms. The maximum absolute atomic E-state index is 13.7. The number of anilines is 2. The second-order valence-corrected chi connectivity index (χ2v) is 8.43. The first-order chi connectivity index (χ1) is 15.9. The Balaban J connectivity index is 1.33. The van der Waals surface area contributed by atoms with Gasteiger partial charge in [-0.15, -0.1) is 11.3 Å². The minimum absolute atomic E-state index is 0.0257. The summed E-state index contributed by atoms with van der Waals surface area (Å²) in [6, 6.07) is 11.0. The summed E-state index contributed by atoms with van der Waals surface area (Å²) >= 11 is 1.14. The molecule has 0 unspecified atom stereocenters. The maximum Gasteiger partial charge on any atom is 0.254 e. The van der Waals surface area contributed by atoms with Gasteiger partial charge >= 0.3 is 0 Å². The number of carbonyl (C=O) groups excluding carboxylic acids is 3. The molecule has 0 spiro atoms. The molecule has 170 valence electrons. The van der Waals surface area contributed by atoms with Crippen molar-refractivity contribution < 1.29 is 23.2 Å². The number of para-hydroxylation sites is 1. The van der Waals surface area contributed by atoms with Gasteiger partial charge in [-0.2, -0.15) is 0 Å². The summed E-state index contributed by atoms with van der Waals surface area (Å²) in [5.41, 5.74) is 0.816. The van der Waals surface area contributed by atoms with Crippen molar-refractivity contribution in [3.05, 3.63) is 76.8 Å². The van der Waals surface area contributed by atoms with Crippen molar-refractivity contribution >= 4 is 39.9 Å². The van der Waals surface area contributed by atoms with E-state index in [1.54, 1.807) is 11.4 Å². The molecule has 4 rings (SSSR count). The zero-order valence-corrected chi connectivity index (χ0v) is 18.2. The van der Waals surface area contributed by atoms with Crippen LogP contribution in [0.3, 0.4) is 0 Å². The molecule has 1 aromatic heterocycles. The average molecular weight is 471 g/mol. The molecule has 1 heterocycles. The Kier molecular flexibility index (Phi) is 6.74. The summed E-state index contributed by atoms with van der Waals surface area (Å²) < 4.78 is 26.8. The second kappa shape index (κ2) is 9.86. The molecule has 0 aliphatic heterocycles. The number of hydrogen-bond acceptors (Lipinski definition) is 5. The predicted octanol–water partition coefficient (Wildman–Crippen LogP) is 3.85. The fraction of sp³-hybridized carbons (Fsp3) is 0.217. The molecular weight excluding hydrogens is 450 g/mol. The summed E-state index contributed by atoms with van der Waals surface area (Å²) in [6.45, 7) is -0.163. The molecule has 1 saturated carbocycles. The third-order valence-corrected chi connectivity index (χ3v) is 5.75. The highest BCUT2D eigenvalue weighted by Gasteiger charge is 2.34. The van der Waals surface area contributed by atoms with Crippen molar-refractivity contribution in [1.29, 1.82) is 0 Å². The minimum atomic E-state index is -0.535. The van der Waals surface area contributed by atoms with Gasteiger partial charge in [0.25, 0.3) is 5.91 Å². The molecule has 1 aliphatic carbocycles. The first kappa shape index (κ1) is 22.5. The Labute approximate surface area is 192 Å². The van der Waals surface area contributed by atoms with Gasteiger partial charge in [0.2, 0.25) is 11.8 Å². The standard InChI is InChI=1S/C23H20F2N4O3S/c24-15-7-5-14(6-8-15)22(32)29(17-9-10-17)12-21(31)28-23-26-16(13-33-23)11-20(30)27-19-4-2-1-3-18(19)25/h1-8,13,17H,9-12H2,(H,27,30)(H,26,28,31). The van der Waals surface area contributed by atoms with Crippen LogP contribution in [0.2, 0.25) is 0 Å². The number of benzene rings is 2. The van der Waals surface area contributed by atoms with Crippen LogP contribution >= 0.6 is 11.3 Å². The molecule has 7 nitrogen and oxygen atoms in total. The highest BCUT2D eigenvalue weighted by atomic mass is 32.1. The fourth-order valence-corrected chi connectivity index (χ4v) is 3.92. The lowest BCUT2D eigenvalue weighted by atomic mass is 10.2. The number of thiazole rings is 1. The van der Waals surface area contributed by atoms with Crippen molar-refractivity contribution in [2.45, 2.75) is 25.3 Å². The third-order valence-electron chi connectivity index (χ3n) is 4.94. The summed E-state index contributed by atoms with van der Waals surface area (Å²) in [5.74, 6) is -2.17. The van der Waals surface area contributed by atoms with Crippen LogP contribution in [0.4, 0.5) is 19.6 Å². The lowest BCUT2D eigenvalue weighted by Crippen LogP contribution is -2.39. The quantitative estimate of drug-likeness (QED) is 0.523. The monoisotopic (exact) mass is 470 g/mol. The van der Waals surface area contributed by atoms with Crippen LogP contribution in [0.5, 0.6) is 0 Å². The van der Waals surface area contributed by atoms with E-state index in [1.807, 2.05) is 0 Å². The SMILES string of the molecule is O=C(CN(C(=O)c1ccc(F)cc1)C1CC1)Nc1nc(CC(=O)Nc2ccccc2F)cs1. The summed E-state index contributed by atoms with van der Waals surface area (Å²) in [7, 11) is 0. The second-order valence-electron chi connectivity index (χ2n) is 7.57. The Morgan fingerprint density at radius 3 is 2.42 bits per heavy atom. The van der Waals surface area contributed by atoms with Crippen LogP contribution in [0.1, 0.15) is 28.9 Å². The smallest absolute Gasteiger partial charge is 0.254 e. The number of rotatable bonds is 8. The van der Waals surface area contributed by atoms with Gasteiger partial charge in [0.15, 0.2) is 5.13 Å². The molecule has 0 atom stereocenters. The maximum atomic E-state index is 13.7. The molecule has 3 aromatic rings. The zero-order valence-electron chi connectivity index (χ0n) is 17.4. The average Bonchev–Trinajstić information content (AvgIpc) is 3.54. The van der Waals surface area contributed by atoms with E-state index in [4.69, 9.17) is 0 Å². The lowest BCUT2D eigenvalue weighted by Gasteiger charge is -2.21. The molecule has 33 heavy (non-hydrogen) atoms. The number of halogens is 2. The Bertz CT molecular complexity index is 1180. The van der Waals surface area contributed by atoms with Gasteiger partial charge in [0, 0.05) is 17.0 Å². The molecule has 2 N–H and O–H groups in total. The van der Waals surface area contributed by atoms with Crippen molar-refractivity contribution in [3.63, 3.8) is 0 Å². The first-order valence-electron chi connectivity index (χ1n) is 10.2. The van der Waals surface area contributed by atoms with Crippen molar-refractivity contribution in [2.75, 3.05) is 17.2 Å². The predicted molar refractivity (Wildman–Crippen MR) is 120 cm³/mol. The van der Waals surface area contributed by atoms with E-state index in [-0.39, 0.29) is 30.6 Å². The Hall–Kier alpha value is -3.66. The van der Waals surface area contributed by atoms with Crippen LogP contribution in [-0.4, -0.2) is 40.2 Å². The number of hydrogen-bond donors (Lipinski definition) is 2. The van der Waals surface area contributed by atoms with Gasteiger partial charge in [0.05, 0.1) is 17.8 Å². The summed E-state index contributed by atoms with van der Waals surface area (Å²) in [6.07, 6.45) is 1.52. The number of nitrogens with one attached hydrogen (secondary N) is 2. The molecule has 1 aliphatic rings. The molecule has 0 saturated heterocycles. The van der Waals surface area contributed by atoms with E-state index in [0.717, 1.165) is 24.2 Å². The van der Waals surface area contributed by atoms with E-state index in [0.29, 0.717) is 16.4 Å². The van der Waals surface area contributed by atoms with Crippen LogP contribution < -0.4 is 10.6 Å². The van der Waals surface area contributed by atoms with Crippen molar-refractivity contribution in [3.8, 4) is 0 Å². The molecule has 0 bridgehead atoms. The van der Waals surface area contributed by atoms with Gasteiger partial charge in [-0.3, -0.25) is 14.4 Å². The number of nitrogens with zero attached hydrogens (tertiary/aromatic N) is 2. The highest BCUT2D eigenvalue weighted by molar-refractivity contribution is 7.13. The molecular formula is C23H20F2N4O3S. The van der Waals surface area contributed by atoms with Crippen LogP contribution in [0.25, 0.3) is 0 Å². The topological polar surface area (TPSA) is 91.4 Å². The van der Waals surface area contributed by atoms with E-state index in [9.17, 15) is 23.2 Å².